The Labute approximate surface area is 121 Å². The summed E-state index contributed by atoms with van der Waals surface area (Å²) in [6.07, 6.45) is 3.20. The Morgan fingerprint density at radius 3 is 3.00 bits per heavy atom. The highest BCUT2D eigenvalue weighted by Crippen LogP contribution is 2.22. The quantitative estimate of drug-likeness (QED) is 0.908. The van der Waals surface area contributed by atoms with Gasteiger partial charge in [-0.2, -0.15) is 0 Å². The van der Waals surface area contributed by atoms with Crippen LogP contribution in [0.2, 0.25) is 0 Å². The summed E-state index contributed by atoms with van der Waals surface area (Å²) in [7, 11) is 1.68. The van der Waals surface area contributed by atoms with E-state index >= 15 is 0 Å². The van der Waals surface area contributed by atoms with Crippen molar-refractivity contribution < 1.29 is 9.90 Å². The fraction of sp³-hybridized carbons (Fsp3) is 0.357. The van der Waals surface area contributed by atoms with Crippen LogP contribution in [0.15, 0.2) is 29.9 Å². The molecule has 0 aliphatic carbocycles. The largest absolute Gasteiger partial charge is 0.392 e. The van der Waals surface area contributed by atoms with Gasteiger partial charge in [-0.3, -0.25) is 9.78 Å². The number of hydrogen-bond acceptors (Lipinski definition) is 5. The van der Waals surface area contributed by atoms with E-state index in [0.29, 0.717) is 6.54 Å². The number of carbonyl (C=O) groups excluding carboxylic acids is 1. The molecule has 2 heterocycles. The lowest BCUT2D eigenvalue weighted by atomic mass is 10.2. The SMILES string of the molecule is CC(O)CN(C)C(=O)Cc1csc(-c2cccnc2)n1. The molecular weight excluding hydrogens is 274 g/mol. The van der Waals surface area contributed by atoms with Gasteiger partial charge in [-0.05, 0) is 19.1 Å². The second-order valence-corrected chi connectivity index (χ2v) is 5.54. The molecule has 0 bridgehead atoms. The third kappa shape index (κ3) is 3.85. The maximum Gasteiger partial charge on any atom is 0.228 e. The minimum atomic E-state index is -0.523. The van der Waals surface area contributed by atoms with Gasteiger partial charge in [0.15, 0.2) is 0 Å². The average molecular weight is 291 g/mol. The molecule has 0 spiro atoms. The van der Waals surface area contributed by atoms with Gasteiger partial charge in [0, 0.05) is 36.9 Å². The van der Waals surface area contributed by atoms with E-state index in [1.807, 2.05) is 17.5 Å². The molecule has 6 heteroatoms. The first kappa shape index (κ1) is 14.6. The number of nitrogens with zero attached hydrogens (tertiary/aromatic N) is 3. The smallest absolute Gasteiger partial charge is 0.228 e. The lowest BCUT2D eigenvalue weighted by molar-refractivity contribution is -0.130. The highest BCUT2D eigenvalue weighted by atomic mass is 32.1. The summed E-state index contributed by atoms with van der Waals surface area (Å²) in [6.45, 7) is 1.99. The van der Waals surface area contributed by atoms with Gasteiger partial charge in [-0.1, -0.05) is 0 Å². The minimum Gasteiger partial charge on any atom is -0.392 e. The highest BCUT2D eigenvalue weighted by molar-refractivity contribution is 7.13. The second kappa shape index (κ2) is 6.58. The van der Waals surface area contributed by atoms with E-state index in [9.17, 15) is 9.90 Å². The van der Waals surface area contributed by atoms with Gasteiger partial charge in [-0.25, -0.2) is 4.98 Å². The van der Waals surface area contributed by atoms with E-state index in [2.05, 4.69) is 9.97 Å². The predicted octanol–water partition coefficient (Wildman–Crippen LogP) is 1.59. The fourth-order valence-electron chi connectivity index (χ4n) is 1.80. The maximum absolute atomic E-state index is 12.0. The van der Waals surface area contributed by atoms with Gasteiger partial charge < -0.3 is 10.0 Å². The number of likely N-dealkylation sites (N-methyl/N-ethyl adjacent to an activating group) is 1. The van der Waals surface area contributed by atoms with Crippen LogP contribution >= 0.6 is 11.3 Å². The molecule has 1 unspecified atom stereocenters. The zero-order chi connectivity index (χ0) is 14.5. The van der Waals surface area contributed by atoms with Crippen LogP contribution in [0.25, 0.3) is 10.6 Å². The van der Waals surface area contributed by atoms with Gasteiger partial charge in [0.2, 0.25) is 5.91 Å². The lowest BCUT2D eigenvalue weighted by Crippen LogP contribution is -2.34. The van der Waals surface area contributed by atoms with Crippen LogP contribution in [0, 0.1) is 0 Å². The first-order valence-corrected chi connectivity index (χ1v) is 7.21. The number of hydrogen-bond donors (Lipinski definition) is 1. The monoisotopic (exact) mass is 291 g/mol. The Hall–Kier alpha value is -1.79. The summed E-state index contributed by atoms with van der Waals surface area (Å²) in [6, 6.07) is 3.80. The van der Waals surface area contributed by atoms with Gasteiger partial charge in [0.25, 0.3) is 0 Å². The molecular formula is C14H17N3O2S. The van der Waals surface area contributed by atoms with Crippen molar-refractivity contribution in [2.75, 3.05) is 13.6 Å². The molecule has 20 heavy (non-hydrogen) atoms. The van der Waals surface area contributed by atoms with Gasteiger partial charge in [0.1, 0.15) is 5.01 Å². The first-order chi connectivity index (χ1) is 9.56. The number of carbonyl (C=O) groups is 1. The summed E-state index contributed by atoms with van der Waals surface area (Å²) in [4.78, 5) is 22.0. The molecule has 0 aliphatic rings. The Kier molecular flexibility index (Phi) is 4.81. The summed E-state index contributed by atoms with van der Waals surface area (Å²) in [5.74, 6) is -0.0473. The zero-order valence-corrected chi connectivity index (χ0v) is 12.3. The molecule has 0 radical (unpaired) electrons. The fourth-order valence-corrected chi connectivity index (χ4v) is 2.61. The molecule has 5 nitrogen and oxygen atoms in total. The molecule has 1 N–H and O–H groups in total. The van der Waals surface area contributed by atoms with Crippen LogP contribution in [-0.2, 0) is 11.2 Å². The number of pyridine rings is 1. The third-order valence-electron chi connectivity index (χ3n) is 2.76. The zero-order valence-electron chi connectivity index (χ0n) is 11.5. The summed E-state index contributed by atoms with van der Waals surface area (Å²) >= 11 is 1.50. The molecule has 0 fully saturated rings. The maximum atomic E-state index is 12.0. The topological polar surface area (TPSA) is 66.3 Å². The number of aliphatic hydroxyl groups excluding tert-OH is 1. The van der Waals surface area contributed by atoms with Gasteiger partial charge in [-0.15, -0.1) is 11.3 Å². The van der Waals surface area contributed by atoms with Crippen molar-refractivity contribution in [3.05, 3.63) is 35.6 Å². The van der Waals surface area contributed by atoms with Crippen LogP contribution < -0.4 is 0 Å². The van der Waals surface area contributed by atoms with Crippen LogP contribution in [0.1, 0.15) is 12.6 Å². The highest BCUT2D eigenvalue weighted by Gasteiger charge is 2.14. The Morgan fingerprint density at radius 1 is 1.55 bits per heavy atom. The van der Waals surface area contributed by atoms with Crippen molar-refractivity contribution in [3.63, 3.8) is 0 Å². The van der Waals surface area contributed by atoms with Crippen molar-refractivity contribution in [1.29, 1.82) is 0 Å². The summed E-state index contributed by atoms with van der Waals surface area (Å²) in [5, 5.41) is 12.0. The number of thiazole rings is 1. The molecule has 2 aromatic heterocycles. The van der Waals surface area contributed by atoms with Gasteiger partial charge in [0.05, 0.1) is 18.2 Å². The lowest BCUT2D eigenvalue weighted by Gasteiger charge is -2.18. The van der Waals surface area contributed by atoms with Crippen LogP contribution in [-0.4, -0.2) is 45.6 Å². The number of aromatic nitrogens is 2. The van der Waals surface area contributed by atoms with Gasteiger partial charge >= 0.3 is 0 Å². The Morgan fingerprint density at radius 2 is 2.35 bits per heavy atom. The average Bonchev–Trinajstić information content (AvgIpc) is 2.87. The molecule has 106 valence electrons. The predicted molar refractivity (Wildman–Crippen MR) is 78.4 cm³/mol. The van der Waals surface area contributed by atoms with E-state index < -0.39 is 6.10 Å². The van der Waals surface area contributed by atoms with Crippen LogP contribution in [0.3, 0.4) is 0 Å². The van der Waals surface area contributed by atoms with Crippen molar-refractivity contribution in [2.45, 2.75) is 19.4 Å². The number of aliphatic hydroxyl groups is 1. The van der Waals surface area contributed by atoms with Crippen molar-refractivity contribution in [2.24, 2.45) is 0 Å². The first-order valence-electron chi connectivity index (χ1n) is 6.33. The minimum absolute atomic E-state index is 0.0473. The normalized spacial score (nSPS) is 12.2. The van der Waals surface area contributed by atoms with Crippen molar-refractivity contribution in [1.82, 2.24) is 14.9 Å². The standard InChI is InChI=1S/C14H17N3O2S/c1-10(18)8-17(2)13(19)6-12-9-20-14(16-12)11-4-3-5-15-7-11/h3-5,7,9-10,18H,6,8H2,1-2H3. The van der Waals surface area contributed by atoms with E-state index in [-0.39, 0.29) is 12.3 Å². The van der Waals surface area contributed by atoms with Crippen LogP contribution in [0.5, 0.6) is 0 Å². The molecule has 2 aromatic rings. The molecule has 2 rings (SSSR count). The third-order valence-corrected chi connectivity index (χ3v) is 3.70. The van der Waals surface area contributed by atoms with Crippen molar-refractivity contribution >= 4 is 17.2 Å². The van der Waals surface area contributed by atoms with E-state index in [1.54, 1.807) is 26.4 Å². The summed E-state index contributed by atoms with van der Waals surface area (Å²) < 4.78 is 0. The summed E-state index contributed by atoms with van der Waals surface area (Å²) in [5.41, 5.74) is 1.70. The number of amides is 1. The van der Waals surface area contributed by atoms with Crippen LogP contribution in [0.4, 0.5) is 0 Å². The van der Waals surface area contributed by atoms with E-state index in [4.69, 9.17) is 0 Å². The Balaban J connectivity index is 2.01. The molecule has 0 saturated heterocycles. The molecule has 1 atom stereocenters. The molecule has 1 amide bonds. The number of rotatable bonds is 5. The van der Waals surface area contributed by atoms with E-state index in [1.165, 1.54) is 16.2 Å². The van der Waals surface area contributed by atoms with E-state index in [0.717, 1.165) is 16.3 Å². The molecule has 0 aliphatic heterocycles. The van der Waals surface area contributed by atoms with Crippen molar-refractivity contribution in [3.8, 4) is 10.6 Å². The molecule has 0 saturated carbocycles. The molecule has 0 aromatic carbocycles. The second-order valence-electron chi connectivity index (χ2n) is 4.69. The Bertz CT molecular complexity index is 569.